The van der Waals surface area contributed by atoms with Crippen molar-refractivity contribution in [3.63, 3.8) is 0 Å². The largest absolute Gasteiger partial charge is 0.454 e. The summed E-state index contributed by atoms with van der Waals surface area (Å²) in [4.78, 5) is 34.4. The molecule has 1 aromatic rings. The minimum absolute atomic E-state index is 0.167. The molecule has 118 valence electrons. The number of carbonyl (C=O) groups excluding carboxylic acids is 3. The van der Waals surface area contributed by atoms with Crippen molar-refractivity contribution in [3.8, 4) is 0 Å². The van der Waals surface area contributed by atoms with Crippen molar-refractivity contribution in [1.82, 2.24) is 5.32 Å². The Kier molecular flexibility index (Phi) is 5.50. The van der Waals surface area contributed by atoms with Crippen LogP contribution in [-0.2, 0) is 19.1 Å². The maximum atomic E-state index is 11.8. The summed E-state index contributed by atoms with van der Waals surface area (Å²) in [5, 5.41) is 5.55. The van der Waals surface area contributed by atoms with Gasteiger partial charge in [-0.15, -0.1) is 0 Å². The van der Waals surface area contributed by atoms with E-state index >= 15 is 0 Å². The van der Waals surface area contributed by atoms with E-state index in [0.717, 1.165) is 0 Å². The van der Waals surface area contributed by atoms with Gasteiger partial charge in [-0.2, -0.15) is 0 Å². The molecule has 1 unspecified atom stereocenters. The number of rotatable bonds is 4. The van der Waals surface area contributed by atoms with Gasteiger partial charge < -0.3 is 15.4 Å². The molecule has 6 nitrogen and oxygen atoms in total. The Morgan fingerprint density at radius 2 is 1.91 bits per heavy atom. The zero-order valence-corrected chi connectivity index (χ0v) is 13.4. The topological polar surface area (TPSA) is 84.5 Å². The second kappa shape index (κ2) is 7.17. The number of anilines is 1. The maximum Gasteiger partial charge on any atom is 0.329 e. The van der Waals surface area contributed by atoms with Crippen molar-refractivity contribution < 1.29 is 19.1 Å². The van der Waals surface area contributed by atoms with Crippen molar-refractivity contribution >= 4 is 58.3 Å². The molecule has 0 spiro atoms. The first-order valence-corrected chi connectivity index (χ1v) is 7.40. The fraction of sp³-hybridized carbons (Fsp3) is 0.308. The summed E-state index contributed by atoms with van der Waals surface area (Å²) in [5.41, 5.74) is 0.183. The zero-order chi connectivity index (χ0) is 16.3. The van der Waals surface area contributed by atoms with Gasteiger partial charge in [-0.25, -0.2) is 4.79 Å². The summed E-state index contributed by atoms with van der Waals surface area (Å²) < 4.78 is 4.83. The number of hydrogen-bond donors (Lipinski definition) is 2. The van der Waals surface area contributed by atoms with Gasteiger partial charge in [0, 0.05) is 11.4 Å². The molecular weight excluding hydrogens is 355 g/mol. The fourth-order valence-electron chi connectivity index (χ4n) is 1.87. The number of halogens is 3. The molecule has 22 heavy (non-hydrogen) atoms. The summed E-state index contributed by atoms with van der Waals surface area (Å²) in [5.74, 6) is -1.48. The van der Waals surface area contributed by atoms with Crippen molar-refractivity contribution in [2.75, 3.05) is 11.9 Å². The molecule has 0 saturated carbocycles. The molecule has 2 amide bonds. The molecule has 1 aliphatic heterocycles. The number of nitrogens with one attached hydrogen (secondary N) is 2. The minimum Gasteiger partial charge on any atom is -0.454 e. The van der Waals surface area contributed by atoms with E-state index in [9.17, 15) is 14.4 Å². The van der Waals surface area contributed by atoms with Gasteiger partial charge in [0.15, 0.2) is 6.61 Å². The molecular formula is C13H11Cl3N2O4. The quantitative estimate of drug-likeness (QED) is 0.803. The molecule has 1 saturated heterocycles. The van der Waals surface area contributed by atoms with E-state index in [2.05, 4.69) is 10.6 Å². The van der Waals surface area contributed by atoms with Crippen LogP contribution in [0.1, 0.15) is 12.8 Å². The SMILES string of the molecule is O=C(COC(=O)C1CCC(=O)N1)Nc1c(Cl)cc(Cl)cc1Cl. The Bertz CT molecular complexity index is 613. The Labute approximate surface area is 141 Å². The van der Waals surface area contributed by atoms with E-state index in [1.165, 1.54) is 12.1 Å². The van der Waals surface area contributed by atoms with Gasteiger partial charge in [-0.3, -0.25) is 9.59 Å². The highest BCUT2D eigenvalue weighted by atomic mass is 35.5. The zero-order valence-electron chi connectivity index (χ0n) is 11.1. The Morgan fingerprint density at radius 1 is 1.27 bits per heavy atom. The third-order valence-corrected chi connectivity index (χ3v) is 3.71. The smallest absolute Gasteiger partial charge is 0.329 e. The van der Waals surface area contributed by atoms with Crippen LogP contribution in [0.15, 0.2) is 12.1 Å². The summed E-state index contributed by atoms with van der Waals surface area (Å²) in [6.07, 6.45) is 0.621. The van der Waals surface area contributed by atoms with Crippen LogP contribution in [0.5, 0.6) is 0 Å². The number of hydrogen-bond acceptors (Lipinski definition) is 4. The highest BCUT2D eigenvalue weighted by Gasteiger charge is 2.28. The van der Waals surface area contributed by atoms with Crippen LogP contribution in [0.2, 0.25) is 15.1 Å². The summed E-state index contributed by atoms with van der Waals surface area (Å²) in [7, 11) is 0. The summed E-state index contributed by atoms with van der Waals surface area (Å²) >= 11 is 17.6. The van der Waals surface area contributed by atoms with Gasteiger partial charge in [0.1, 0.15) is 6.04 Å². The third-order valence-electron chi connectivity index (χ3n) is 2.90. The molecule has 1 atom stereocenters. The lowest BCUT2D eigenvalue weighted by atomic mass is 10.2. The third kappa shape index (κ3) is 4.25. The lowest BCUT2D eigenvalue weighted by molar-refractivity contribution is -0.149. The van der Waals surface area contributed by atoms with Gasteiger partial charge in [0.2, 0.25) is 5.91 Å². The first kappa shape index (κ1) is 16.9. The van der Waals surface area contributed by atoms with E-state index < -0.39 is 24.5 Å². The Balaban J connectivity index is 1.88. The Morgan fingerprint density at radius 3 is 2.45 bits per heavy atom. The average Bonchev–Trinajstić information content (AvgIpc) is 2.87. The van der Waals surface area contributed by atoms with E-state index in [4.69, 9.17) is 39.5 Å². The molecule has 9 heteroatoms. The van der Waals surface area contributed by atoms with Gasteiger partial charge >= 0.3 is 5.97 Å². The van der Waals surface area contributed by atoms with Gasteiger partial charge in [0.05, 0.1) is 15.7 Å². The van der Waals surface area contributed by atoms with Crippen LogP contribution in [0.25, 0.3) is 0 Å². The highest BCUT2D eigenvalue weighted by molar-refractivity contribution is 6.42. The number of carbonyl (C=O) groups is 3. The molecule has 1 fully saturated rings. The second-order valence-corrected chi connectivity index (χ2v) is 5.81. The van der Waals surface area contributed by atoms with Gasteiger partial charge in [0.25, 0.3) is 5.91 Å². The van der Waals surface area contributed by atoms with Crippen LogP contribution in [-0.4, -0.2) is 30.4 Å². The van der Waals surface area contributed by atoms with Crippen molar-refractivity contribution in [2.24, 2.45) is 0 Å². The standard InChI is InChI=1S/C13H11Cl3N2O4/c14-6-3-7(15)12(8(16)4-6)18-11(20)5-22-13(21)9-1-2-10(19)17-9/h3-4,9H,1-2,5H2,(H,17,19)(H,18,20). The van der Waals surface area contributed by atoms with Crippen LogP contribution < -0.4 is 10.6 Å². The number of ether oxygens (including phenoxy) is 1. The molecule has 2 N–H and O–H groups in total. The van der Waals surface area contributed by atoms with Crippen molar-refractivity contribution in [2.45, 2.75) is 18.9 Å². The lowest BCUT2D eigenvalue weighted by Crippen LogP contribution is -2.36. The van der Waals surface area contributed by atoms with E-state index in [1.807, 2.05) is 0 Å². The van der Waals surface area contributed by atoms with E-state index in [1.54, 1.807) is 0 Å². The van der Waals surface area contributed by atoms with Crippen molar-refractivity contribution in [1.29, 1.82) is 0 Å². The first-order valence-electron chi connectivity index (χ1n) is 6.27. The molecule has 0 bridgehead atoms. The maximum absolute atomic E-state index is 11.8. The number of benzene rings is 1. The highest BCUT2D eigenvalue weighted by Crippen LogP contribution is 2.33. The van der Waals surface area contributed by atoms with Crippen LogP contribution in [0, 0.1) is 0 Å². The summed E-state index contributed by atoms with van der Waals surface area (Å²) in [6.45, 7) is -0.513. The minimum atomic E-state index is -0.706. The second-order valence-electron chi connectivity index (χ2n) is 4.56. The fourth-order valence-corrected chi connectivity index (χ4v) is 2.78. The predicted molar refractivity (Wildman–Crippen MR) is 82.2 cm³/mol. The average molecular weight is 366 g/mol. The van der Waals surface area contributed by atoms with E-state index in [-0.39, 0.29) is 28.1 Å². The Hall–Kier alpha value is -1.50. The van der Waals surface area contributed by atoms with E-state index in [0.29, 0.717) is 11.4 Å². The normalized spacial score (nSPS) is 17.0. The molecule has 1 aromatic carbocycles. The molecule has 0 radical (unpaired) electrons. The monoisotopic (exact) mass is 364 g/mol. The molecule has 2 rings (SSSR count). The molecule has 0 aromatic heterocycles. The van der Waals surface area contributed by atoms with Crippen LogP contribution >= 0.6 is 34.8 Å². The van der Waals surface area contributed by atoms with Crippen LogP contribution in [0.4, 0.5) is 5.69 Å². The first-order chi connectivity index (χ1) is 10.4. The van der Waals surface area contributed by atoms with Gasteiger partial charge in [-0.05, 0) is 18.6 Å². The number of esters is 1. The predicted octanol–water partition coefficient (Wildman–Crippen LogP) is 2.41. The summed E-state index contributed by atoms with van der Waals surface area (Å²) in [6, 6.07) is 2.14. The molecule has 0 aliphatic carbocycles. The van der Waals surface area contributed by atoms with Gasteiger partial charge in [-0.1, -0.05) is 34.8 Å². The molecule has 1 aliphatic rings. The van der Waals surface area contributed by atoms with Crippen molar-refractivity contribution in [3.05, 3.63) is 27.2 Å². The molecule has 1 heterocycles. The lowest BCUT2D eigenvalue weighted by Gasteiger charge is -2.12. The number of amides is 2. The van der Waals surface area contributed by atoms with Crippen LogP contribution in [0.3, 0.4) is 0 Å².